The SMILES string of the molecule is O=C(c1ccoc1)N1C[C@@H](Oc2ccccn2)[C@@H]2OCCC[C@@H]21. The van der Waals surface area contributed by atoms with Gasteiger partial charge in [-0.2, -0.15) is 0 Å². The molecule has 0 aliphatic carbocycles. The summed E-state index contributed by atoms with van der Waals surface area (Å²) in [6.07, 6.45) is 6.25. The molecule has 4 rings (SSSR count). The topological polar surface area (TPSA) is 64.8 Å². The summed E-state index contributed by atoms with van der Waals surface area (Å²) in [6, 6.07) is 7.27. The molecule has 4 heterocycles. The van der Waals surface area contributed by atoms with Crippen LogP contribution < -0.4 is 4.74 Å². The molecule has 3 atom stereocenters. The fraction of sp³-hybridized carbons (Fsp3) is 0.412. The second-order valence-corrected chi connectivity index (χ2v) is 5.84. The monoisotopic (exact) mass is 314 g/mol. The Balaban J connectivity index is 1.56. The minimum atomic E-state index is -0.203. The lowest BCUT2D eigenvalue weighted by molar-refractivity contribution is -0.0455. The molecule has 1 amide bonds. The van der Waals surface area contributed by atoms with Crippen LogP contribution in [-0.4, -0.2) is 47.2 Å². The van der Waals surface area contributed by atoms with Crippen LogP contribution in [0.3, 0.4) is 0 Å². The van der Waals surface area contributed by atoms with Crippen LogP contribution in [0.2, 0.25) is 0 Å². The highest BCUT2D eigenvalue weighted by Crippen LogP contribution is 2.32. The van der Waals surface area contributed by atoms with Crippen molar-refractivity contribution in [3.8, 4) is 5.88 Å². The maximum atomic E-state index is 12.7. The van der Waals surface area contributed by atoms with Crippen LogP contribution in [0.15, 0.2) is 47.4 Å². The van der Waals surface area contributed by atoms with Gasteiger partial charge < -0.3 is 18.8 Å². The molecule has 0 spiro atoms. The van der Waals surface area contributed by atoms with E-state index in [4.69, 9.17) is 13.9 Å². The van der Waals surface area contributed by atoms with Crippen molar-refractivity contribution in [2.45, 2.75) is 31.1 Å². The maximum Gasteiger partial charge on any atom is 0.257 e. The number of furan rings is 1. The Labute approximate surface area is 134 Å². The fourth-order valence-electron chi connectivity index (χ4n) is 3.37. The van der Waals surface area contributed by atoms with E-state index in [1.165, 1.54) is 12.5 Å². The van der Waals surface area contributed by atoms with Crippen LogP contribution in [0.5, 0.6) is 5.88 Å². The quantitative estimate of drug-likeness (QED) is 0.868. The van der Waals surface area contributed by atoms with E-state index in [-0.39, 0.29) is 24.2 Å². The van der Waals surface area contributed by atoms with Crippen LogP contribution in [0.4, 0.5) is 0 Å². The average molecular weight is 314 g/mol. The van der Waals surface area contributed by atoms with Crippen molar-refractivity contribution in [2.75, 3.05) is 13.2 Å². The second-order valence-electron chi connectivity index (χ2n) is 5.84. The van der Waals surface area contributed by atoms with Crippen LogP contribution in [0, 0.1) is 0 Å². The molecule has 120 valence electrons. The fourth-order valence-corrected chi connectivity index (χ4v) is 3.37. The third-order valence-electron chi connectivity index (χ3n) is 4.42. The average Bonchev–Trinajstić information content (AvgIpc) is 3.24. The number of hydrogen-bond donors (Lipinski definition) is 0. The lowest BCUT2D eigenvalue weighted by Gasteiger charge is -2.31. The van der Waals surface area contributed by atoms with Crippen molar-refractivity contribution < 1.29 is 18.7 Å². The van der Waals surface area contributed by atoms with Crippen molar-refractivity contribution in [1.29, 1.82) is 0 Å². The van der Waals surface area contributed by atoms with E-state index >= 15 is 0 Å². The van der Waals surface area contributed by atoms with Crippen molar-refractivity contribution in [2.24, 2.45) is 0 Å². The van der Waals surface area contributed by atoms with Gasteiger partial charge in [-0.05, 0) is 25.0 Å². The summed E-state index contributed by atoms with van der Waals surface area (Å²) >= 11 is 0. The first kappa shape index (κ1) is 14.3. The zero-order valence-corrected chi connectivity index (χ0v) is 12.6. The Hall–Kier alpha value is -2.34. The van der Waals surface area contributed by atoms with Gasteiger partial charge in [0.2, 0.25) is 5.88 Å². The van der Waals surface area contributed by atoms with Crippen LogP contribution in [0.1, 0.15) is 23.2 Å². The first-order chi connectivity index (χ1) is 11.3. The van der Waals surface area contributed by atoms with Crippen molar-refractivity contribution in [3.05, 3.63) is 48.6 Å². The molecule has 6 heteroatoms. The standard InChI is InChI=1S/C17H18N2O4/c20-17(12-6-9-21-11-12)19-10-14(16-13(19)4-3-8-22-16)23-15-5-1-2-7-18-15/h1-2,5-7,9,11,13-14,16H,3-4,8,10H2/t13-,14+,16+/m0/s1. The van der Waals surface area contributed by atoms with E-state index in [9.17, 15) is 4.79 Å². The molecule has 6 nitrogen and oxygen atoms in total. The number of carbonyl (C=O) groups is 1. The van der Waals surface area contributed by atoms with E-state index in [2.05, 4.69) is 4.98 Å². The molecular weight excluding hydrogens is 296 g/mol. The molecule has 2 aromatic heterocycles. The highest BCUT2D eigenvalue weighted by Gasteiger charge is 2.47. The lowest BCUT2D eigenvalue weighted by Crippen LogP contribution is -2.44. The molecular formula is C17H18N2O4. The summed E-state index contributed by atoms with van der Waals surface area (Å²) in [5.41, 5.74) is 0.563. The van der Waals surface area contributed by atoms with Gasteiger partial charge in [0, 0.05) is 18.9 Å². The van der Waals surface area contributed by atoms with Gasteiger partial charge in [0.1, 0.15) is 18.5 Å². The summed E-state index contributed by atoms with van der Waals surface area (Å²) in [7, 11) is 0. The zero-order valence-electron chi connectivity index (χ0n) is 12.6. The van der Waals surface area contributed by atoms with E-state index in [1.807, 2.05) is 23.1 Å². The zero-order chi connectivity index (χ0) is 15.6. The molecule has 2 saturated heterocycles. The van der Waals surface area contributed by atoms with Gasteiger partial charge >= 0.3 is 0 Å². The number of pyridine rings is 1. The summed E-state index contributed by atoms with van der Waals surface area (Å²) in [5.74, 6) is 0.523. The van der Waals surface area contributed by atoms with Gasteiger partial charge in [0.25, 0.3) is 5.91 Å². The molecule has 0 saturated carbocycles. The largest absolute Gasteiger partial charge is 0.472 e. The first-order valence-electron chi connectivity index (χ1n) is 7.85. The normalized spacial score (nSPS) is 26.8. The summed E-state index contributed by atoms with van der Waals surface area (Å²) in [5, 5.41) is 0. The lowest BCUT2D eigenvalue weighted by atomic mass is 10.0. The predicted molar refractivity (Wildman–Crippen MR) is 81.2 cm³/mol. The minimum Gasteiger partial charge on any atom is -0.472 e. The van der Waals surface area contributed by atoms with Gasteiger partial charge in [0.05, 0.1) is 24.4 Å². The number of ether oxygens (including phenoxy) is 2. The van der Waals surface area contributed by atoms with Gasteiger partial charge in [-0.3, -0.25) is 4.79 Å². The van der Waals surface area contributed by atoms with E-state index in [0.29, 0.717) is 24.6 Å². The Morgan fingerprint density at radius 3 is 3.09 bits per heavy atom. The third-order valence-corrected chi connectivity index (χ3v) is 4.42. The van der Waals surface area contributed by atoms with Crippen LogP contribution in [0.25, 0.3) is 0 Å². The number of hydrogen-bond acceptors (Lipinski definition) is 5. The Bertz CT molecular complexity index is 658. The number of fused-ring (bicyclic) bond motifs is 1. The molecule has 23 heavy (non-hydrogen) atoms. The smallest absolute Gasteiger partial charge is 0.257 e. The molecule has 2 aliphatic heterocycles. The molecule has 0 aromatic carbocycles. The van der Waals surface area contributed by atoms with E-state index in [1.54, 1.807) is 12.3 Å². The Morgan fingerprint density at radius 1 is 1.35 bits per heavy atom. The summed E-state index contributed by atoms with van der Waals surface area (Å²) in [4.78, 5) is 18.8. The number of carbonyl (C=O) groups excluding carboxylic acids is 1. The number of amides is 1. The summed E-state index contributed by atoms with van der Waals surface area (Å²) in [6.45, 7) is 1.20. The highest BCUT2D eigenvalue weighted by atomic mass is 16.5. The van der Waals surface area contributed by atoms with Crippen molar-refractivity contribution >= 4 is 5.91 Å². The van der Waals surface area contributed by atoms with Crippen LogP contribution >= 0.6 is 0 Å². The van der Waals surface area contributed by atoms with E-state index in [0.717, 1.165) is 12.8 Å². The molecule has 0 radical (unpaired) electrons. The molecule has 2 aliphatic rings. The van der Waals surface area contributed by atoms with Gasteiger partial charge in [-0.15, -0.1) is 0 Å². The predicted octanol–water partition coefficient (Wildman–Crippen LogP) is 2.13. The Kier molecular flexibility index (Phi) is 3.75. The molecule has 2 aromatic rings. The van der Waals surface area contributed by atoms with Crippen molar-refractivity contribution in [3.63, 3.8) is 0 Å². The van der Waals surface area contributed by atoms with Gasteiger partial charge in [-0.25, -0.2) is 4.98 Å². The number of likely N-dealkylation sites (tertiary alicyclic amines) is 1. The van der Waals surface area contributed by atoms with Gasteiger partial charge in [0.15, 0.2) is 0 Å². The minimum absolute atomic E-state index is 0.0358. The Morgan fingerprint density at radius 2 is 2.30 bits per heavy atom. The number of aromatic nitrogens is 1. The number of rotatable bonds is 3. The number of nitrogens with zero attached hydrogens (tertiary/aromatic N) is 2. The molecule has 0 unspecified atom stereocenters. The van der Waals surface area contributed by atoms with Crippen LogP contribution in [-0.2, 0) is 4.74 Å². The first-order valence-corrected chi connectivity index (χ1v) is 7.85. The van der Waals surface area contributed by atoms with E-state index < -0.39 is 0 Å². The summed E-state index contributed by atoms with van der Waals surface area (Å²) < 4.78 is 16.9. The second kappa shape index (κ2) is 6.04. The maximum absolute atomic E-state index is 12.7. The van der Waals surface area contributed by atoms with Crippen molar-refractivity contribution in [1.82, 2.24) is 9.88 Å². The molecule has 0 bridgehead atoms. The third kappa shape index (κ3) is 2.70. The molecule has 0 N–H and O–H groups in total. The highest BCUT2D eigenvalue weighted by molar-refractivity contribution is 5.94. The molecule has 2 fully saturated rings. The van der Waals surface area contributed by atoms with Gasteiger partial charge in [-0.1, -0.05) is 6.07 Å².